The van der Waals surface area contributed by atoms with E-state index in [4.69, 9.17) is 0 Å². The van der Waals surface area contributed by atoms with Gasteiger partial charge in [-0.15, -0.1) is 0 Å². The minimum atomic E-state index is 0.303. The summed E-state index contributed by atoms with van der Waals surface area (Å²) >= 11 is 4.03. The van der Waals surface area contributed by atoms with Gasteiger partial charge in [-0.25, -0.2) is 0 Å². The first-order valence-corrected chi connectivity index (χ1v) is 9.23. The Labute approximate surface area is 131 Å². The average Bonchev–Trinajstić information content (AvgIpc) is 2.32. The molecule has 0 aliphatic heterocycles. The maximum atomic E-state index is 12.4. The van der Waals surface area contributed by atoms with Crippen LogP contribution in [-0.2, 0) is 4.79 Å². The van der Waals surface area contributed by atoms with Crippen molar-refractivity contribution in [3.05, 3.63) is 0 Å². The second-order valence-electron chi connectivity index (χ2n) is 7.87. The monoisotopic (exact) mass is 341 g/mol. The Kier molecular flexibility index (Phi) is 3.94. The van der Waals surface area contributed by atoms with Crippen LogP contribution in [0.4, 0.5) is 0 Å². The van der Waals surface area contributed by atoms with Crippen molar-refractivity contribution in [1.82, 2.24) is 5.32 Å². The molecule has 4 bridgehead atoms. The third-order valence-electron chi connectivity index (χ3n) is 6.00. The molecule has 0 spiro atoms. The molecule has 4 aliphatic carbocycles. The van der Waals surface area contributed by atoms with Crippen molar-refractivity contribution in [3.63, 3.8) is 0 Å². The van der Waals surface area contributed by atoms with Crippen LogP contribution < -0.4 is 5.32 Å². The zero-order valence-electron chi connectivity index (χ0n) is 12.9. The van der Waals surface area contributed by atoms with Crippen LogP contribution in [0.5, 0.6) is 0 Å². The van der Waals surface area contributed by atoms with Gasteiger partial charge in [0.1, 0.15) is 0 Å². The van der Waals surface area contributed by atoms with Crippen LogP contribution in [0.25, 0.3) is 0 Å². The third-order valence-corrected chi connectivity index (χ3v) is 6.92. The molecule has 20 heavy (non-hydrogen) atoms. The number of nitrogens with one attached hydrogen (secondary N) is 1. The molecule has 0 aromatic carbocycles. The van der Waals surface area contributed by atoms with Gasteiger partial charge in [0.25, 0.3) is 0 Å². The molecule has 1 N–H and O–H groups in total. The highest BCUT2D eigenvalue weighted by Crippen LogP contribution is 2.65. The summed E-state index contributed by atoms with van der Waals surface area (Å²) in [5.41, 5.74) is 0.309. The molecule has 2 atom stereocenters. The molecule has 4 saturated carbocycles. The smallest absolute Gasteiger partial charge is 0.220 e. The largest absolute Gasteiger partial charge is 0.353 e. The van der Waals surface area contributed by atoms with Crippen molar-refractivity contribution < 1.29 is 4.79 Å². The summed E-state index contributed by atoms with van der Waals surface area (Å²) < 4.78 is 0.367. The maximum Gasteiger partial charge on any atom is 0.220 e. The van der Waals surface area contributed by atoms with E-state index < -0.39 is 0 Å². The summed E-state index contributed by atoms with van der Waals surface area (Å²) in [6.45, 7) is 4.32. The van der Waals surface area contributed by atoms with E-state index in [0.29, 0.717) is 21.7 Å². The van der Waals surface area contributed by atoms with Crippen LogP contribution in [-0.4, -0.2) is 16.3 Å². The zero-order chi connectivity index (χ0) is 14.4. The number of rotatable bonds is 5. The lowest BCUT2D eigenvalue weighted by molar-refractivity contribution is -0.128. The van der Waals surface area contributed by atoms with E-state index in [1.54, 1.807) is 0 Å². The molecule has 4 fully saturated rings. The molecule has 3 heteroatoms. The lowest BCUT2D eigenvalue weighted by atomic mass is 9.48. The summed E-state index contributed by atoms with van der Waals surface area (Å²) in [6.07, 6.45) is 10.8. The Morgan fingerprint density at radius 3 is 2.30 bits per heavy atom. The fourth-order valence-electron chi connectivity index (χ4n) is 5.65. The number of halogens is 1. The molecule has 0 heterocycles. The van der Waals surface area contributed by atoms with E-state index in [1.807, 2.05) is 0 Å². The van der Waals surface area contributed by atoms with E-state index >= 15 is 0 Å². The molecule has 0 aromatic heterocycles. The van der Waals surface area contributed by atoms with Crippen molar-refractivity contribution in [2.75, 3.05) is 0 Å². The zero-order valence-corrected chi connectivity index (χ0v) is 14.5. The Hall–Kier alpha value is -0.0500. The normalized spacial score (nSPS) is 42.2. The van der Waals surface area contributed by atoms with Gasteiger partial charge in [0.15, 0.2) is 0 Å². The molecule has 1 amide bonds. The topological polar surface area (TPSA) is 29.1 Å². The van der Waals surface area contributed by atoms with E-state index in [2.05, 4.69) is 35.1 Å². The van der Waals surface area contributed by atoms with Gasteiger partial charge in [0.2, 0.25) is 5.91 Å². The second kappa shape index (κ2) is 5.30. The fraction of sp³-hybridized carbons (Fsp3) is 0.941. The fourth-order valence-corrected chi connectivity index (χ4v) is 7.17. The highest BCUT2D eigenvalue weighted by atomic mass is 79.9. The van der Waals surface area contributed by atoms with Crippen molar-refractivity contribution in [2.24, 2.45) is 17.3 Å². The van der Waals surface area contributed by atoms with Gasteiger partial charge in [-0.05, 0) is 68.6 Å². The SMILES string of the molecule is CCC(CC)NC(=O)CC12CC3CC(CC(Br)(C3)C1)C2. The summed E-state index contributed by atoms with van der Waals surface area (Å²) in [6, 6.07) is 0.370. The number of carbonyl (C=O) groups is 1. The Morgan fingerprint density at radius 2 is 1.80 bits per heavy atom. The quantitative estimate of drug-likeness (QED) is 0.737. The Balaban J connectivity index is 1.66. The van der Waals surface area contributed by atoms with Gasteiger partial charge in [-0.3, -0.25) is 4.79 Å². The highest BCUT2D eigenvalue weighted by Gasteiger charge is 2.57. The molecule has 0 aromatic rings. The van der Waals surface area contributed by atoms with E-state index in [-0.39, 0.29) is 0 Å². The summed E-state index contributed by atoms with van der Waals surface area (Å²) in [4.78, 5) is 12.4. The molecule has 2 unspecified atom stereocenters. The number of carbonyl (C=O) groups excluding carboxylic acids is 1. The van der Waals surface area contributed by atoms with Gasteiger partial charge in [-0.1, -0.05) is 29.8 Å². The average molecular weight is 342 g/mol. The predicted octanol–water partition coefficient (Wildman–Crippen LogP) is 4.42. The van der Waals surface area contributed by atoms with Gasteiger partial charge in [0.05, 0.1) is 0 Å². The summed E-state index contributed by atoms with van der Waals surface area (Å²) in [5, 5.41) is 3.25. The van der Waals surface area contributed by atoms with Gasteiger partial charge < -0.3 is 5.32 Å². The molecular formula is C17H28BrNO. The van der Waals surface area contributed by atoms with Gasteiger partial charge >= 0.3 is 0 Å². The van der Waals surface area contributed by atoms with Crippen molar-refractivity contribution in [3.8, 4) is 0 Å². The first-order valence-electron chi connectivity index (χ1n) is 8.44. The molecule has 4 aliphatic rings. The highest BCUT2D eigenvalue weighted by molar-refractivity contribution is 9.10. The molecule has 2 nitrogen and oxygen atoms in total. The molecular weight excluding hydrogens is 314 g/mol. The number of hydrogen-bond acceptors (Lipinski definition) is 1. The summed E-state index contributed by atoms with van der Waals surface area (Å²) in [7, 11) is 0. The summed E-state index contributed by atoms with van der Waals surface area (Å²) in [5.74, 6) is 2.05. The van der Waals surface area contributed by atoms with Crippen LogP contribution in [0.15, 0.2) is 0 Å². The molecule has 0 saturated heterocycles. The Bertz CT molecular complexity index is 376. The standard InChI is InChI=1S/C17H28BrNO/c1-3-14(4-2)19-15(20)10-16-6-12-5-13(7-16)9-17(18,8-12)11-16/h12-14H,3-11H2,1-2H3,(H,19,20). The minimum Gasteiger partial charge on any atom is -0.353 e. The number of hydrogen-bond donors (Lipinski definition) is 1. The minimum absolute atomic E-state index is 0.303. The lowest BCUT2D eigenvalue weighted by Gasteiger charge is -2.60. The van der Waals surface area contributed by atoms with E-state index in [0.717, 1.165) is 31.1 Å². The number of amides is 1. The number of alkyl halides is 1. The second-order valence-corrected chi connectivity index (χ2v) is 9.55. The first kappa shape index (κ1) is 14.9. The molecule has 0 radical (unpaired) electrons. The van der Waals surface area contributed by atoms with Crippen molar-refractivity contribution >= 4 is 21.8 Å². The van der Waals surface area contributed by atoms with Gasteiger partial charge in [-0.2, -0.15) is 0 Å². The first-order chi connectivity index (χ1) is 9.46. The molecule has 4 rings (SSSR count). The van der Waals surface area contributed by atoms with Crippen LogP contribution in [0.1, 0.15) is 71.6 Å². The van der Waals surface area contributed by atoms with Crippen LogP contribution in [0, 0.1) is 17.3 Å². The van der Waals surface area contributed by atoms with Crippen LogP contribution in [0.2, 0.25) is 0 Å². The van der Waals surface area contributed by atoms with Crippen molar-refractivity contribution in [1.29, 1.82) is 0 Å². The molecule has 114 valence electrons. The van der Waals surface area contributed by atoms with E-state index in [9.17, 15) is 4.79 Å². The van der Waals surface area contributed by atoms with Crippen LogP contribution in [0.3, 0.4) is 0 Å². The van der Waals surface area contributed by atoms with Crippen LogP contribution >= 0.6 is 15.9 Å². The van der Waals surface area contributed by atoms with Crippen molar-refractivity contribution in [2.45, 2.75) is 82.0 Å². The maximum absolute atomic E-state index is 12.4. The third kappa shape index (κ3) is 2.80. The lowest BCUT2D eigenvalue weighted by Crippen LogP contribution is -2.54. The Morgan fingerprint density at radius 1 is 1.20 bits per heavy atom. The van der Waals surface area contributed by atoms with Gasteiger partial charge in [0, 0.05) is 16.8 Å². The van der Waals surface area contributed by atoms with E-state index in [1.165, 1.54) is 38.5 Å². The predicted molar refractivity (Wildman–Crippen MR) is 85.9 cm³/mol.